The normalized spacial score (nSPS) is 14.6. The third-order valence-electron chi connectivity index (χ3n) is 7.04. The Kier molecular flexibility index (Phi) is 10.8. The van der Waals surface area contributed by atoms with Gasteiger partial charge in [-0.05, 0) is 68.0 Å². The SMILES string of the molecule is CCCC1=C(C(=O)OCC)[C@@H](c2cc(Br)ccc2OC)n2c(s/c(=C/c3cc(Cl)ccc3OCc3ccc(Cl)cc3Cl)c2=O)=N1. The second kappa shape index (κ2) is 14.6. The molecule has 1 aliphatic heterocycles. The number of methoxy groups -OCH3 is 1. The number of aromatic nitrogens is 1. The van der Waals surface area contributed by atoms with Crippen LogP contribution in [0.5, 0.6) is 11.5 Å². The summed E-state index contributed by atoms with van der Waals surface area (Å²) in [5.74, 6) is 0.487. The van der Waals surface area contributed by atoms with E-state index in [-0.39, 0.29) is 18.8 Å². The van der Waals surface area contributed by atoms with E-state index in [2.05, 4.69) is 15.9 Å². The number of carbonyl (C=O) groups is 1. The predicted octanol–water partition coefficient (Wildman–Crippen LogP) is 7.89. The van der Waals surface area contributed by atoms with Crippen LogP contribution in [0.25, 0.3) is 6.08 Å². The molecule has 5 rings (SSSR count). The fourth-order valence-electron chi connectivity index (χ4n) is 5.03. The molecule has 1 atom stereocenters. The molecule has 4 aromatic rings. The van der Waals surface area contributed by atoms with Crippen LogP contribution in [0.15, 0.2) is 80.1 Å². The predicted molar refractivity (Wildman–Crippen MR) is 183 cm³/mol. The van der Waals surface area contributed by atoms with E-state index < -0.39 is 12.0 Å². The summed E-state index contributed by atoms with van der Waals surface area (Å²) < 4.78 is 20.0. The Morgan fingerprint density at radius 2 is 1.78 bits per heavy atom. The van der Waals surface area contributed by atoms with Gasteiger partial charge in [0.05, 0.1) is 29.5 Å². The number of allylic oxidation sites excluding steroid dienone is 1. The topological polar surface area (TPSA) is 79.1 Å². The van der Waals surface area contributed by atoms with Gasteiger partial charge in [0.15, 0.2) is 4.80 Å². The van der Waals surface area contributed by atoms with Gasteiger partial charge in [-0.1, -0.05) is 81.5 Å². The summed E-state index contributed by atoms with van der Waals surface area (Å²) in [6.45, 7) is 4.10. The molecule has 0 amide bonds. The quantitative estimate of drug-likeness (QED) is 0.154. The lowest BCUT2D eigenvalue weighted by Gasteiger charge is -2.27. The second-order valence-corrected chi connectivity index (χ2v) is 13.2. The van der Waals surface area contributed by atoms with Crippen molar-refractivity contribution >= 4 is 74.1 Å². The summed E-state index contributed by atoms with van der Waals surface area (Å²) in [7, 11) is 1.55. The van der Waals surface area contributed by atoms with Crippen molar-refractivity contribution in [2.75, 3.05) is 13.7 Å². The number of esters is 1. The van der Waals surface area contributed by atoms with Gasteiger partial charge in [-0.15, -0.1) is 0 Å². The minimum atomic E-state index is -0.835. The van der Waals surface area contributed by atoms with Gasteiger partial charge in [0, 0.05) is 36.2 Å². The third-order valence-corrected chi connectivity index (χ3v) is 9.33. The van der Waals surface area contributed by atoms with Gasteiger partial charge in [0.25, 0.3) is 5.56 Å². The smallest absolute Gasteiger partial charge is 0.338 e. The van der Waals surface area contributed by atoms with Crippen molar-refractivity contribution in [1.82, 2.24) is 4.57 Å². The summed E-state index contributed by atoms with van der Waals surface area (Å²) in [6, 6.07) is 15.0. The summed E-state index contributed by atoms with van der Waals surface area (Å²) in [5, 5.41) is 1.48. The number of fused-ring (bicyclic) bond motifs is 1. The van der Waals surface area contributed by atoms with Gasteiger partial charge in [0.2, 0.25) is 0 Å². The van der Waals surface area contributed by atoms with Gasteiger partial charge in [0.1, 0.15) is 24.1 Å². The lowest BCUT2D eigenvalue weighted by atomic mass is 9.93. The highest BCUT2D eigenvalue weighted by molar-refractivity contribution is 9.10. The van der Waals surface area contributed by atoms with Crippen molar-refractivity contribution in [3.63, 3.8) is 0 Å². The van der Waals surface area contributed by atoms with E-state index in [9.17, 15) is 9.59 Å². The molecule has 0 unspecified atom stereocenters. The maximum atomic E-state index is 14.3. The van der Waals surface area contributed by atoms with Crippen molar-refractivity contribution in [2.45, 2.75) is 39.3 Å². The molecule has 0 radical (unpaired) electrons. The zero-order chi connectivity index (χ0) is 32.2. The molecule has 12 heteroatoms. The van der Waals surface area contributed by atoms with E-state index >= 15 is 0 Å². The first-order valence-corrected chi connectivity index (χ1v) is 16.8. The van der Waals surface area contributed by atoms with Crippen LogP contribution in [0.2, 0.25) is 15.1 Å². The van der Waals surface area contributed by atoms with Crippen molar-refractivity contribution in [3.05, 3.63) is 122 Å². The number of ether oxygens (including phenoxy) is 3. The largest absolute Gasteiger partial charge is 0.496 e. The fourth-order valence-corrected chi connectivity index (χ4v) is 7.07. The maximum absolute atomic E-state index is 14.3. The molecule has 3 aromatic carbocycles. The first-order chi connectivity index (χ1) is 21.6. The van der Waals surface area contributed by atoms with Gasteiger partial charge in [-0.3, -0.25) is 9.36 Å². The van der Waals surface area contributed by atoms with Gasteiger partial charge in [-0.2, -0.15) is 0 Å². The Morgan fingerprint density at radius 3 is 2.49 bits per heavy atom. The molecule has 0 fully saturated rings. The van der Waals surface area contributed by atoms with E-state index in [1.54, 1.807) is 62.6 Å². The van der Waals surface area contributed by atoms with Gasteiger partial charge >= 0.3 is 5.97 Å². The number of carbonyl (C=O) groups excluding carboxylic acids is 1. The van der Waals surface area contributed by atoms with E-state index in [0.29, 0.717) is 64.7 Å². The molecule has 0 saturated heterocycles. The molecule has 0 spiro atoms. The Balaban J connectivity index is 1.69. The minimum Gasteiger partial charge on any atom is -0.496 e. The summed E-state index contributed by atoms with van der Waals surface area (Å²) in [5.41, 5.74) is 2.50. The Bertz CT molecular complexity index is 1990. The van der Waals surface area contributed by atoms with Crippen LogP contribution in [-0.2, 0) is 16.1 Å². The van der Waals surface area contributed by atoms with Crippen LogP contribution >= 0.6 is 62.1 Å². The summed E-state index contributed by atoms with van der Waals surface area (Å²) >= 11 is 23.6. The molecule has 2 heterocycles. The van der Waals surface area contributed by atoms with Gasteiger partial charge in [-0.25, -0.2) is 9.79 Å². The zero-order valence-electron chi connectivity index (χ0n) is 24.5. The molecule has 0 aliphatic carbocycles. The first kappa shape index (κ1) is 33.3. The number of hydrogen-bond donors (Lipinski definition) is 0. The zero-order valence-corrected chi connectivity index (χ0v) is 29.2. The molecular formula is C33H28BrCl3N2O5S. The van der Waals surface area contributed by atoms with E-state index in [0.717, 1.165) is 16.5 Å². The van der Waals surface area contributed by atoms with Crippen molar-refractivity contribution in [2.24, 2.45) is 4.99 Å². The lowest BCUT2D eigenvalue weighted by molar-refractivity contribution is -0.139. The highest BCUT2D eigenvalue weighted by Gasteiger charge is 2.36. The van der Waals surface area contributed by atoms with Crippen molar-refractivity contribution in [1.29, 1.82) is 0 Å². The average molecular weight is 751 g/mol. The van der Waals surface area contributed by atoms with E-state index in [1.807, 2.05) is 19.1 Å². The summed E-state index contributed by atoms with van der Waals surface area (Å²) in [4.78, 5) is 33.1. The fraction of sp³-hybridized carbons (Fsp3) is 0.242. The Labute approximate surface area is 287 Å². The molecule has 0 saturated carbocycles. The standard InChI is InChI=1S/C33H28BrCl3N2O5S/c1-4-6-25-29(32(41)43-5-2)30(23-15-20(34)8-11-27(23)42-3)39-31(40)28(45-33(39)38-25)14-19-13-21(35)10-12-26(19)44-17-18-7-9-22(36)16-24(18)37/h7-16,30H,4-6,17H2,1-3H3/b28-14+/t30-/m1/s1. The third kappa shape index (κ3) is 7.18. The van der Waals surface area contributed by atoms with Crippen LogP contribution in [0.1, 0.15) is 49.4 Å². The van der Waals surface area contributed by atoms with Crippen molar-refractivity contribution in [3.8, 4) is 11.5 Å². The molecule has 1 aliphatic rings. The van der Waals surface area contributed by atoms with Crippen LogP contribution in [0.3, 0.4) is 0 Å². The maximum Gasteiger partial charge on any atom is 0.338 e. The van der Waals surface area contributed by atoms with Crippen molar-refractivity contribution < 1.29 is 19.0 Å². The molecular weight excluding hydrogens is 723 g/mol. The number of benzene rings is 3. The molecule has 1 aromatic heterocycles. The highest BCUT2D eigenvalue weighted by Crippen LogP contribution is 2.38. The number of halogens is 4. The number of nitrogens with zero attached hydrogens (tertiary/aromatic N) is 2. The molecule has 45 heavy (non-hydrogen) atoms. The van der Waals surface area contributed by atoms with Crippen LogP contribution in [0.4, 0.5) is 0 Å². The minimum absolute atomic E-state index is 0.172. The Hall–Kier alpha value is -3.08. The van der Waals surface area contributed by atoms with E-state index in [1.165, 1.54) is 15.9 Å². The first-order valence-electron chi connectivity index (χ1n) is 14.1. The average Bonchev–Trinajstić information content (AvgIpc) is 3.31. The number of thiazole rings is 1. The molecule has 234 valence electrons. The number of rotatable bonds is 10. The molecule has 0 N–H and O–H groups in total. The lowest BCUT2D eigenvalue weighted by Crippen LogP contribution is -2.40. The van der Waals surface area contributed by atoms with Crippen LogP contribution in [-0.4, -0.2) is 24.3 Å². The molecule has 7 nitrogen and oxygen atoms in total. The van der Waals surface area contributed by atoms with Crippen LogP contribution < -0.4 is 24.4 Å². The van der Waals surface area contributed by atoms with E-state index in [4.69, 9.17) is 54.0 Å². The van der Waals surface area contributed by atoms with Crippen LogP contribution in [0, 0.1) is 0 Å². The van der Waals surface area contributed by atoms with Gasteiger partial charge < -0.3 is 14.2 Å². The molecule has 0 bridgehead atoms. The Morgan fingerprint density at radius 1 is 1.04 bits per heavy atom. The monoisotopic (exact) mass is 748 g/mol. The highest BCUT2D eigenvalue weighted by atomic mass is 79.9. The summed E-state index contributed by atoms with van der Waals surface area (Å²) in [6.07, 6.45) is 2.97. The number of hydrogen-bond acceptors (Lipinski definition) is 7. The second-order valence-electron chi connectivity index (χ2n) is 10.0.